The van der Waals surface area contributed by atoms with E-state index in [1.54, 1.807) is 36.1 Å². The van der Waals surface area contributed by atoms with E-state index in [2.05, 4.69) is 55.8 Å². The molecule has 4 saturated heterocycles. The predicted octanol–water partition coefficient (Wildman–Crippen LogP) is 4.83. The number of anilines is 5. The molecule has 1 unspecified atom stereocenters. The molecule has 6 fully saturated rings. The van der Waals surface area contributed by atoms with E-state index >= 15 is 4.39 Å². The first-order chi connectivity index (χ1) is 34.0. The zero-order chi connectivity index (χ0) is 48.7. The minimum absolute atomic E-state index is 0.00122. The molecular formula is C51H71FN12O6. The topological polar surface area (TPSA) is 190 Å². The number of aryl methyl sites for hydroxylation is 1. The number of rotatable bonds is 14. The van der Waals surface area contributed by atoms with Crippen molar-refractivity contribution in [3.63, 3.8) is 0 Å². The van der Waals surface area contributed by atoms with Gasteiger partial charge in [0.25, 0.3) is 0 Å². The maximum atomic E-state index is 15.3. The second-order valence-electron chi connectivity index (χ2n) is 20.3. The lowest BCUT2D eigenvalue weighted by Crippen LogP contribution is -2.54. The number of amides is 4. The minimum atomic E-state index is -0.558. The van der Waals surface area contributed by atoms with Crippen LogP contribution in [0.2, 0.25) is 0 Å². The number of piperazine rings is 2. The summed E-state index contributed by atoms with van der Waals surface area (Å²) in [4.78, 5) is 79.7. The number of aromatic nitrogens is 3. The maximum absolute atomic E-state index is 15.3. The van der Waals surface area contributed by atoms with Gasteiger partial charge in [0.2, 0.25) is 23.6 Å². The van der Waals surface area contributed by atoms with E-state index in [9.17, 15) is 24.0 Å². The number of nitrogens with zero attached hydrogens (tertiary/aromatic N) is 8. The summed E-state index contributed by atoms with van der Waals surface area (Å²) >= 11 is 0. The highest BCUT2D eigenvalue weighted by Crippen LogP contribution is 2.35. The number of hydrogen-bond donors (Lipinski definition) is 4. The summed E-state index contributed by atoms with van der Waals surface area (Å²) in [5, 5.41) is 16.5. The molecule has 4 N–H and O–H groups in total. The van der Waals surface area contributed by atoms with Crippen LogP contribution in [0.3, 0.4) is 0 Å². The summed E-state index contributed by atoms with van der Waals surface area (Å²) in [5.41, 5.74) is 3.01. The number of piperidine rings is 2. The lowest BCUT2D eigenvalue weighted by Gasteiger charge is -2.43. The number of carbonyl (C=O) groups is 5. The van der Waals surface area contributed by atoms with Crippen molar-refractivity contribution in [1.82, 2.24) is 39.7 Å². The van der Waals surface area contributed by atoms with Crippen molar-refractivity contribution in [2.75, 3.05) is 99.4 Å². The Labute approximate surface area is 410 Å². The van der Waals surface area contributed by atoms with E-state index in [0.717, 1.165) is 142 Å². The molecule has 18 nitrogen and oxygen atoms in total. The molecule has 1 aromatic carbocycles. The third-order valence-electron chi connectivity index (χ3n) is 15.7. The van der Waals surface area contributed by atoms with Crippen LogP contribution in [0.4, 0.5) is 33.0 Å². The molecule has 2 aromatic heterocycles. The standard InChI is InChI=1S/C51H71FN12O6/c1-3-70-51(69)41-31-53-46(57-39-30-54-59(2)33-39)29-44(41)55-37-8-11-40(12-9-37)61-24-26-64(27-25-61)50(68)36-6-4-35(5-7-36)49(67)63-18-16-34(17-19-63)32-60-20-22-62(23-21-60)45-14-10-38(28-42(45)52)56-43-13-15-47(65)58-48(43)66/h10,14,28-31,33-37,40,43,56H,3-9,11-13,15-27,32H2,1-2H3,(H2,53,55,57)(H,58,65,66). The van der Waals surface area contributed by atoms with Crippen LogP contribution in [0.25, 0.3) is 0 Å². The molecule has 6 heterocycles. The van der Waals surface area contributed by atoms with E-state index in [1.807, 2.05) is 19.3 Å². The summed E-state index contributed by atoms with van der Waals surface area (Å²) in [5.74, 6) is 0.260. The lowest BCUT2D eigenvalue weighted by molar-refractivity contribution is -0.143. The fourth-order valence-electron chi connectivity index (χ4n) is 11.6. The van der Waals surface area contributed by atoms with Crippen LogP contribution in [0.5, 0.6) is 0 Å². The van der Waals surface area contributed by atoms with Gasteiger partial charge in [-0.15, -0.1) is 0 Å². The van der Waals surface area contributed by atoms with E-state index in [4.69, 9.17) is 4.74 Å². The first kappa shape index (κ1) is 49.2. The number of halogens is 1. The molecule has 378 valence electrons. The first-order valence-electron chi connectivity index (χ1n) is 25.8. The average Bonchev–Trinajstić information content (AvgIpc) is 3.79. The van der Waals surface area contributed by atoms with Crippen LogP contribution in [0.1, 0.15) is 94.3 Å². The lowest BCUT2D eigenvalue weighted by atomic mass is 9.80. The minimum Gasteiger partial charge on any atom is -0.462 e. The maximum Gasteiger partial charge on any atom is 0.341 e. The first-order valence-corrected chi connectivity index (χ1v) is 25.8. The monoisotopic (exact) mass is 967 g/mol. The molecule has 0 bridgehead atoms. The van der Waals surface area contributed by atoms with Gasteiger partial charge >= 0.3 is 5.97 Å². The molecule has 70 heavy (non-hydrogen) atoms. The van der Waals surface area contributed by atoms with E-state index in [1.165, 1.54) is 6.07 Å². The molecule has 2 saturated carbocycles. The molecule has 9 rings (SSSR count). The van der Waals surface area contributed by atoms with Gasteiger partial charge in [-0.3, -0.25) is 39.0 Å². The molecule has 1 atom stereocenters. The Hall–Kier alpha value is -5.82. The third-order valence-corrected chi connectivity index (χ3v) is 15.7. The Balaban J connectivity index is 0.651. The van der Waals surface area contributed by atoms with Gasteiger partial charge in [0.15, 0.2) is 0 Å². The van der Waals surface area contributed by atoms with Crippen LogP contribution in [-0.2, 0) is 31.0 Å². The molecule has 6 aliphatic rings. The normalized spacial score (nSPS) is 25.3. The Kier molecular flexibility index (Phi) is 15.8. The van der Waals surface area contributed by atoms with Gasteiger partial charge in [0, 0.05) is 134 Å². The zero-order valence-electron chi connectivity index (χ0n) is 40.9. The van der Waals surface area contributed by atoms with Crippen molar-refractivity contribution in [3.05, 3.63) is 54.2 Å². The number of likely N-dealkylation sites (tertiary alicyclic amines) is 1. The summed E-state index contributed by atoms with van der Waals surface area (Å²) < 4.78 is 22.3. The Bertz CT molecular complexity index is 2330. The Morgan fingerprint density at radius 2 is 1.46 bits per heavy atom. The molecule has 2 aliphatic carbocycles. The van der Waals surface area contributed by atoms with Crippen molar-refractivity contribution in [3.8, 4) is 0 Å². The van der Waals surface area contributed by atoms with Gasteiger partial charge in [0.1, 0.15) is 23.2 Å². The highest BCUT2D eigenvalue weighted by Gasteiger charge is 2.37. The summed E-state index contributed by atoms with van der Waals surface area (Å²) in [7, 11) is 1.85. The number of nitrogens with one attached hydrogen (secondary N) is 4. The highest BCUT2D eigenvalue weighted by molar-refractivity contribution is 6.01. The van der Waals surface area contributed by atoms with Crippen LogP contribution in [0.15, 0.2) is 42.9 Å². The zero-order valence-corrected chi connectivity index (χ0v) is 40.9. The number of imide groups is 1. The van der Waals surface area contributed by atoms with Gasteiger partial charge in [-0.05, 0) is 102 Å². The van der Waals surface area contributed by atoms with Gasteiger partial charge in [-0.2, -0.15) is 5.10 Å². The summed E-state index contributed by atoms with van der Waals surface area (Å²) in [6.45, 7) is 11.0. The van der Waals surface area contributed by atoms with Crippen molar-refractivity contribution in [1.29, 1.82) is 0 Å². The Morgan fingerprint density at radius 3 is 2.09 bits per heavy atom. The average molecular weight is 967 g/mol. The fraction of sp³-hybridized carbons (Fsp3) is 0.627. The smallest absolute Gasteiger partial charge is 0.341 e. The largest absolute Gasteiger partial charge is 0.462 e. The molecule has 0 radical (unpaired) electrons. The summed E-state index contributed by atoms with van der Waals surface area (Å²) in [6, 6.07) is 6.97. The van der Waals surface area contributed by atoms with Crippen LogP contribution >= 0.6 is 0 Å². The van der Waals surface area contributed by atoms with Crippen LogP contribution < -0.4 is 26.2 Å². The second-order valence-corrected chi connectivity index (χ2v) is 20.3. The number of carbonyl (C=O) groups excluding carboxylic acids is 5. The van der Waals surface area contributed by atoms with Crippen molar-refractivity contribution in [2.24, 2.45) is 24.8 Å². The van der Waals surface area contributed by atoms with E-state index in [-0.39, 0.29) is 60.4 Å². The molecular weight excluding hydrogens is 896 g/mol. The van der Waals surface area contributed by atoms with Gasteiger partial charge in [-0.25, -0.2) is 14.2 Å². The quantitative estimate of drug-likeness (QED) is 0.127. The molecule has 3 aromatic rings. The summed E-state index contributed by atoms with van der Waals surface area (Å²) in [6.07, 6.45) is 14.9. The van der Waals surface area contributed by atoms with Gasteiger partial charge < -0.3 is 35.4 Å². The number of pyridine rings is 1. The molecule has 0 spiro atoms. The van der Waals surface area contributed by atoms with Crippen molar-refractivity contribution >= 4 is 58.2 Å². The van der Waals surface area contributed by atoms with Gasteiger partial charge in [0.05, 0.1) is 29.9 Å². The second kappa shape index (κ2) is 22.5. The van der Waals surface area contributed by atoms with Crippen LogP contribution in [-0.4, -0.2) is 161 Å². The highest BCUT2D eigenvalue weighted by atomic mass is 19.1. The van der Waals surface area contributed by atoms with E-state index < -0.39 is 12.0 Å². The number of esters is 1. The Morgan fingerprint density at radius 1 is 0.771 bits per heavy atom. The SMILES string of the molecule is CCOC(=O)c1cnc(Nc2cnn(C)c2)cc1NC1CCC(N2CCN(C(=O)C3CCC(C(=O)N4CCC(CN5CCN(c6ccc(NC7CCC(=O)NC7=O)cc6F)CC5)CC4)CC3)CC2)CC1. The van der Waals surface area contributed by atoms with Crippen LogP contribution in [0, 0.1) is 23.6 Å². The molecule has 4 amide bonds. The van der Waals surface area contributed by atoms with Crippen molar-refractivity contribution < 1.29 is 33.1 Å². The molecule has 4 aliphatic heterocycles. The molecule has 19 heteroatoms. The van der Waals surface area contributed by atoms with E-state index in [0.29, 0.717) is 46.8 Å². The predicted molar refractivity (Wildman–Crippen MR) is 264 cm³/mol. The third kappa shape index (κ3) is 12.0. The number of benzene rings is 1. The van der Waals surface area contributed by atoms with Crippen molar-refractivity contribution in [2.45, 2.75) is 102 Å². The van der Waals surface area contributed by atoms with Gasteiger partial charge in [-0.1, -0.05) is 0 Å². The number of hydrogen-bond acceptors (Lipinski definition) is 14. The number of ether oxygens (including phenoxy) is 1. The fourth-order valence-corrected chi connectivity index (χ4v) is 11.6.